The maximum absolute atomic E-state index is 12.4. The lowest BCUT2D eigenvalue weighted by molar-refractivity contribution is -0.140. The number of carbonyl (C=O) groups excluding carboxylic acids is 2. The van der Waals surface area contributed by atoms with Gasteiger partial charge in [-0.2, -0.15) is 0 Å². The summed E-state index contributed by atoms with van der Waals surface area (Å²) in [5.41, 5.74) is 4.21. The zero-order chi connectivity index (χ0) is 26.7. The first-order valence-electron chi connectivity index (χ1n) is 12.9. The molecule has 4 rings (SSSR count). The number of aromatic nitrogens is 3. The van der Waals surface area contributed by atoms with Gasteiger partial charge >= 0.3 is 5.97 Å². The van der Waals surface area contributed by atoms with Gasteiger partial charge in [0.05, 0.1) is 13.2 Å². The van der Waals surface area contributed by atoms with Gasteiger partial charge in [0.15, 0.2) is 5.78 Å². The van der Waals surface area contributed by atoms with Crippen molar-refractivity contribution in [1.82, 2.24) is 15.2 Å². The van der Waals surface area contributed by atoms with Crippen LogP contribution in [0.5, 0.6) is 0 Å². The normalized spacial score (nSPS) is 11.6. The number of unbranched alkanes of at least 4 members (excludes halogenated alkanes) is 1. The Morgan fingerprint density at radius 2 is 1.68 bits per heavy atom. The van der Waals surface area contributed by atoms with Gasteiger partial charge in [0, 0.05) is 35.9 Å². The largest absolute Gasteiger partial charge is 0.469 e. The first kappa shape index (κ1) is 26.7. The molecular formula is C30H32N4O4. The van der Waals surface area contributed by atoms with Crippen LogP contribution in [0.2, 0.25) is 0 Å². The Bertz CT molecular complexity index is 1320. The summed E-state index contributed by atoms with van der Waals surface area (Å²) in [6.45, 7) is 2.18. The monoisotopic (exact) mass is 512 g/mol. The molecule has 8 nitrogen and oxygen atoms in total. The predicted molar refractivity (Wildman–Crippen MR) is 145 cm³/mol. The summed E-state index contributed by atoms with van der Waals surface area (Å²) in [5.74, 6) is 0.556. The van der Waals surface area contributed by atoms with E-state index in [0.29, 0.717) is 35.9 Å². The van der Waals surface area contributed by atoms with Crippen molar-refractivity contribution in [1.29, 1.82) is 0 Å². The van der Waals surface area contributed by atoms with Crippen molar-refractivity contribution in [3.8, 4) is 23.0 Å². The minimum atomic E-state index is -0.296. The van der Waals surface area contributed by atoms with Crippen LogP contribution in [0.4, 0.5) is 5.69 Å². The molecule has 0 radical (unpaired) electrons. The molecular weight excluding hydrogens is 480 g/mol. The van der Waals surface area contributed by atoms with E-state index in [9.17, 15) is 9.59 Å². The van der Waals surface area contributed by atoms with E-state index in [1.54, 1.807) is 6.20 Å². The molecule has 2 aromatic carbocycles. The highest BCUT2D eigenvalue weighted by Crippen LogP contribution is 2.28. The molecule has 196 valence electrons. The number of Topliss-reactive ketones (excluding diaryl/α,β-unsaturated/α-hetero) is 1. The van der Waals surface area contributed by atoms with Crippen LogP contribution in [0, 0.1) is 0 Å². The molecule has 1 N–H and O–H groups in total. The summed E-state index contributed by atoms with van der Waals surface area (Å²) < 4.78 is 10.5. The van der Waals surface area contributed by atoms with E-state index >= 15 is 0 Å². The number of rotatable bonds is 13. The van der Waals surface area contributed by atoms with Gasteiger partial charge in [-0.15, -0.1) is 10.2 Å². The molecule has 4 aromatic rings. The van der Waals surface area contributed by atoms with Gasteiger partial charge in [0.1, 0.15) is 5.69 Å². The van der Waals surface area contributed by atoms with E-state index in [1.165, 1.54) is 7.11 Å². The molecule has 0 aliphatic heterocycles. The lowest BCUT2D eigenvalue weighted by atomic mass is 9.99. The number of nitrogens with one attached hydrogen (secondary N) is 1. The number of pyridine rings is 1. The Kier molecular flexibility index (Phi) is 9.34. The summed E-state index contributed by atoms with van der Waals surface area (Å²) in [5, 5.41) is 11.9. The van der Waals surface area contributed by atoms with Crippen LogP contribution in [-0.2, 0) is 9.53 Å². The minimum absolute atomic E-state index is 0.0193. The van der Waals surface area contributed by atoms with E-state index in [0.717, 1.165) is 36.1 Å². The van der Waals surface area contributed by atoms with Crippen molar-refractivity contribution < 1.29 is 18.7 Å². The SMILES string of the molecule is CCCCC(Nc1ccc(C(=O)CCCC(=O)OC)cc1)c1ccc(-c2nnc(-c3ccccn3)o2)cc1. The van der Waals surface area contributed by atoms with Gasteiger partial charge in [0.2, 0.25) is 5.89 Å². The maximum atomic E-state index is 12.4. The fraction of sp³-hybridized carbons (Fsp3) is 0.300. The van der Waals surface area contributed by atoms with Crippen molar-refractivity contribution in [3.05, 3.63) is 84.1 Å². The number of hydrogen-bond donors (Lipinski definition) is 1. The van der Waals surface area contributed by atoms with Crippen LogP contribution in [0.1, 0.15) is 67.4 Å². The van der Waals surface area contributed by atoms with E-state index < -0.39 is 0 Å². The maximum Gasteiger partial charge on any atom is 0.305 e. The Balaban J connectivity index is 1.41. The first-order valence-corrected chi connectivity index (χ1v) is 12.9. The van der Waals surface area contributed by atoms with Crippen LogP contribution >= 0.6 is 0 Å². The smallest absolute Gasteiger partial charge is 0.305 e. The summed E-state index contributed by atoms with van der Waals surface area (Å²) >= 11 is 0. The fourth-order valence-corrected chi connectivity index (χ4v) is 4.11. The van der Waals surface area contributed by atoms with E-state index in [4.69, 9.17) is 4.42 Å². The third kappa shape index (κ3) is 7.12. The number of nitrogens with zero attached hydrogens (tertiary/aromatic N) is 3. The van der Waals surface area contributed by atoms with Gasteiger partial charge in [0.25, 0.3) is 5.89 Å². The van der Waals surface area contributed by atoms with Gasteiger partial charge in [-0.05, 0) is 66.9 Å². The Morgan fingerprint density at radius 1 is 0.921 bits per heavy atom. The number of ether oxygens (including phenoxy) is 1. The highest BCUT2D eigenvalue weighted by atomic mass is 16.5. The number of carbonyl (C=O) groups is 2. The summed E-state index contributed by atoms with van der Waals surface area (Å²) in [7, 11) is 1.35. The summed E-state index contributed by atoms with van der Waals surface area (Å²) in [6.07, 6.45) is 5.87. The third-order valence-corrected chi connectivity index (χ3v) is 6.28. The van der Waals surface area contributed by atoms with Crippen LogP contribution in [0.15, 0.2) is 77.3 Å². The molecule has 8 heteroatoms. The lowest BCUT2D eigenvalue weighted by Crippen LogP contribution is -2.11. The van der Waals surface area contributed by atoms with Gasteiger partial charge < -0.3 is 14.5 Å². The van der Waals surface area contributed by atoms with Crippen LogP contribution in [0.25, 0.3) is 23.0 Å². The van der Waals surface area contributed by atoms with E-state index in [1.807, 2.05) is 54.6 Å². The third-order valence-electron chi connectivity index (χ3n) is 6.28. The quantitative estimate of drug-likeness (QED) is 0.156. The number of methoxy groups -OCH3 is 1. The van der Waals surface area contributed by atoms with Crippen molar-refractivity contribution in [2.75, 3.05) is 12.4 Å². The zero-order valence-electron chi connectivity index (χ0n) is 21.7. The van der Waals surface area contributed by atoms with Crippen molar-refractivity contribution >= 4 is 17.4 Å². The second kappa shape index (κ2) is 13.3. The highest BCUT2D eigenvalue weighted by Gasteiger charge is 2.15. The molecule has 0 amide bonds. The van der Waals surface area contributed by atoms with Gasteiger partial charge in [-0.3, -0.25) is 14.6 Å². The summed E-state index contributed by atoms with van der Waals surface area (Å²) in [6, 6.07) is 21.3. The molecule has 1 unspecified atom stereocenters. The van der Waals surface area contributed by atoms with Crippen molar-refractivity contribution in [3.63, 3.8) is 0 Å². The summed E-state index contributed by atoms with van der Waals surface area (Å²) in [4.78, 5) is 28.0. The van der Waals surface area contributed by atoms with Gasteiger partial charge in [-0.1, -0.05) is 38.0 Å². The average molecular weight is 513 g/mol. The number of anilines is 1. The first-order chi connectivity index (χ1) is 18.6. The number of benzene rings is 2. The second-order valence-electron chi connectivity index (χ2n) is 9.02. The molecule has 0 fully saturated rings. The molecule has 2 heterocycles. The lowest BCUT2D eigenvalue weighted by Gasteiger charge is -2.21. The van der Waals surface area contributed by atoms with Crippen LogP contribution < -0.4 is 5.32 Å². The van der Waals surface area contributed by atoms with Crippen molar-refractivity contribution in [2.24, 2.45) is 0 Å². The zero-order valence-corrected chi connectivity index (χ0v) is 21.7. The standard InChI is InChI=1S/C30H32N4O4/c1-3-4-8-25(32-24-18-16-22(17-19-24)27(35)10-7-11-28(36)37-2)21-12-14-23(15-13-21)29-33-34-30(38-29)26-9-5-6-20-31-26/h5-6,9,12-20,25,32H,3-4,7-8,10-11H2,1-2H3. The average Bonchev–Trinajstić information content (AvgIpc) is 3.46. The van der Waals surface area contributed by atoms with Crippen LogP contribution in [-0.4, -0.2) is 34.0 Å². The molecule has 0 aliphatic carbocycles. The Labute approximate surface area is 222 Å². The van der Waals surface area contributed by atoms with E-state index in [-0.39, 0.29) is 24.2 Å². The minimum Gasteiger partial charge on any atom is -0.469 e. The molecule has 1 atom stereocenters. The number of ketones is 1. The fourth-order valence-electron chi connectivity index (χ4n) is 4.11. The molecule has 0 aliphatic rings. The number of esters is 1. The Hall–Kier alpha value is -4.33. The van der Waals surface area contributed by atoms with Crippen molar-refractivity contribution in [2.45, 2.75) is 51.5 Å². The molecule has 0 saturated heterocycles. The Morgan fingerprint density at radius 3 is 2.37 bits per heavy atom. The van der Waals surface area contributed by atoms with E-state index in [2.05, 4.69) is 44.3 Å². The molecule has 0 spiro atoms. The molecule has 0 bridgehead atoms. The topological polar surface area (TPSA) is 107 Å². The molecule has 2 aromatic heterocycles. The second-order valence-corrected chi connectivity index (χ2v) is 9.02. The van der Waals surface area contributed by atoms with Gasteiger partial charge in [-0.25, -0.2) is 0 Å². The highest BCUT2D eigenvalue weighted by molar-refractivity contribution is 5.96. The number of hydrogen-bond acceptors (Lipinski definition) is 8. The van der Waals surface area contributed by atoms with Crippen LogP contribution in [0.3, 0.4) is 0 Å². The molecule has 38 heavy (non-hydrogen) atoms. The predicted octanol–water partition coefficient (Wildman–Crippen LogP) is 6.67. The molecule has 0 saturated carbocycles.